The third-order valence-electron chi connectivity index (χ3n) is 3.78. The van der Waals surface area contributed by atoms with Gasteiger partial charge in [-0.25, -0.2) is 0 Å². The van der Waals surface area contributed by atoms with E-state index in [0.29, 0.717) is 23.2 Å². The van der Waals surface area contributed by atoms with Crippen LogP contribution in [0.1, 0.15) is 40.2 Å². The zero-order valence-corrected chi connectivity index (χ0v) is 13.3. The lowest BCUT2D eigenvalue weighted by Crippen LogP contribution is -2.25. The molecule has 2 N–H and O–H groups in total. The maximum Gasteiger partial charge on any atom is 0.253 e. The summed E-state index contributed by atoms with van der Waals surface area (Å²) >= 11 is 6.22. The van der Waals surface area contributed by atoms with Gasteiger partial charge in [0.25, 0.3) is 5.91 Å². The highest BCUT2D eigenvalue weighted by Crippen LogP contribution is 2.24. The van der Waals surface area contributed by atoms with Crippen LogP contribution in [0.3, 0.4) is 0 Å². The van der Waals surface area contributed by atoms with Crippen molar-refractivity contribution in [2.75, 3.05) is 5.32 Å². The van der Waals surface area contributed by atoms with Crippen molar-refractivity contribution in [1.29, 1.82) is 0 Å². The fraction of sp³-hybridized carbons (Fsp3) is 0.375. The van der Waals surface area contributed by atoms with Crippen LogP contribution in [0.25, 0.3) is 0 Å². The fourth-order valence-corrected chi connectivity index (χ4v) is 2.51. The minimum atomic E-state index is -0.107. The van der Waals surface area contributed by atoms with E-state index < -0.39 is 0 Å². The molecule has 0 saturated heterocycles. The van der Waals surface area contributed by atoms with Crippen molar-refractivity contribution in [3.8, 4) is 0 Å². The number of nitrogens with one attached hydrogen (secondary N) is 2. The summed E-state index contributed by atoms with van der Waals surface area (Å²) in [6.07, 6.45) is 2.11. The molecule has 0 aliphatic heterocycles. The first-order valence-electron chi connectivity index (χ1n) is 7.30. The summed E-state index contributed by atoms with van der Waals surface area (Å²) < 4.78 is 5.13. The molecule has 0 radical (unpaired) electrons. The number of rotatable bonds is 5. The molecule has 1 aromatic heterocycles. The molecule has 3 rings (SSSR count). The van der Waals surface area contributed by atoms with E-state index in [1.54, 1.807) is 12.1 Å². The summed E-state index contributed by atoms with van der Waals surface area (Å²) in [5.41, 5.74) is 3.27. The molecule has 22 heavy (non-hydrogen) atoms. The molecule has 2 aromatic rings. The minimum Gasteiger partial charge on any atom is -0.381 e. The topological polar surface area (TPSA) is 67.2 Å². The van der Waals surface area contributed by atoms with Crippen molar-refractivity contribution >= 4 is 23.2 Å². The zero-order chi connectivity index (χ0) is 15.7. The number of benzene rings is 1. The highest BCUT2D eigenvalue weighted by atomic mass is 35.5. The number of aryl methyl sites for hydroxylation is 2. The lowest BCUT2D eigenvalue weighted by Gasteiger charge is -2.10. The van der Waals surface area contributed by atoms with E-state index in [2.05, 4.69) is 15.8 Å². The Hall–Kier alpha value is -2.01. The Balaban J connectivity index is 1.67. The van der Waals surface area contributed by atoms with Gasteiger partial charge in [-0.1, -0.05) is 16.8 Å². The van der Waals surface area contributed by atoms with Crippen LogP contribution in [-0.2, 0) is 6.54 Å². The van der Waals surface area contributed by atoms with E-state index in [9.17, 15) is 4.79 Å². The summed E-state index contributed by atoms with van der Waals surface area (Å²) in [4.78, 5) is 12.0. The van der Waals surface area contributed by atoms with Gasteiger partial charge in [-0.05, 0) is 44.9 Å². The molecule has 1 amide bonds. The Morgan fingerprint density at radius 3 is 2.77 bits per heavy atom. The fourth-order valence-electron chi connectivity index (χ4n) is 2.24. The minimum absolute atomic E-state index is 0.107. The maximum absolute atomic E-state index is 12.0. The van der Waals surface area contributed by atoms with Gasteiger partial charge in [0.05, 0.1) is 16.3 Å². The second kappa shape index (κ2) is 6.01. The number of halogens is 1. The van der Waals surface area contributed by atoms with Crippen molar-refractivity contribution < 1.29 is 9.32 Å². The molecule has 1 saturated carbocycles. The highest BCUT2D eigenvalue weighted by Gasteiger charge is 2.24. The van der Waals surface area contributed by atoms with Gasteiger partial charge < -0.3 is 15.2 Å². The number of anilines is 1. The van der Waals surface area contributed by atoms with Gasteiger partial charge in [0, 0.05) is 23.8 Å². The van der Waals surface area contributed by atoms with Crippen LogP contribution < -0.4 is 10.6 Å². The second-order valence-corrected chi connectivity index (χ2v) is 6.01. The number of nitrogens with zero attached hydrogens (tertiary/aromatic N) is 1. The van der Waals surface area contributed by atoms with Crippen molar-refractivity contribution in [3.63, 3.8) is 0 Å². The van der Waals surface area contributed by atoms with E-state index >= 15 is 0 Å². The van der Waals surface area contributed by atoms with Crippen molar-refractivity contribution in [1.82, 2.24) is 10.5 Å². The Morgan fingerprint density at radius 2 is 2.18 bits per heavy atom. The average Bonchev–Trinajstić information content (AvgIpc) is 3.23. The first-order valence-corrected chi connectivity index (χ1v) is 7.68. The Labute approximate surface area is 134 Å². The van der Waals surface area contributed by atoms with Crippen molar-refractivity contribution in [2.45, 2.75) is 39.3 Å². The maximum atomic E-state index is 12.0. The van der Waals surface area contributed by atoms with Crippen molar-refractivity contribution in [3.05, 3.63) is 45.8 Å². The van der Waals surface area contributed by atoms with Crippen molar-refractivity contribution in [2.24, 2.45) is 0 Å². The van der Waals surface area contributed by atoms with Gasteiger partial charge in [-0.3, -0.25) is 4.79 Å². The van der Waals surface area contributed by atoms with E-state index in [0.717, 1.165) is 35.5 Å². The predicted molar refractivity (Wildman–Crippen MR) is 85.2 cm³/mol. The number of amides is 1. The molecule has 5 nitrogen and oxygen atoms in total. The van der Waals surface area contributed by atoms with E-state index in [1.807, 2.05) is 19.9 Å². The van der Waals surface area contributed by atoms with Gasteiger partial charge in [0.2, 0.25) is 0 Å². The summed E-state index contributed by atoms with van der Waals surface area (Å²) in [5.74, 6) is 0.696. The first-order chi connectivity index (χ1) is 10.5. The van der Waals surface area contributed by atoms with E-state index in [1.165, 1.54) is 0 Å². The number of carbonyl (C=O) groups excluding carboxylic acids is 1. The molecule has 1 heterocycles. The van der Waals surface area contributed by atoms with E-state index in [-0.39, 0.29) is 5.91 Å². The zero-order valence-electron chi connectivity index (χ0n) is 12.6. The Kier molecular flexibility index (Phi) is 4.07. The quantitative estimate of drug-likeness (QED) is 0.885. The second-order valence-electron chi connectivity index (χ2n) is 5.60. The molecule has 6 heteroatoms. The van der Waals surface area contributed by atoms with Crippen LogP contribution in [0.15, 0.2) is 22.7 Å². The molecule has 1 fully saturated rings. The first kappa shape index (κ1) is 14.9. The molecule has 0 atom stereocenters. The molecule has 0 unspecified atom stereocenters. The molecule has 116 valence electrons. The predicted octanol–water partition coefficient (Wildman–Crippen LogP) is 3.45. The van der Waals surface area contributed by atoms with Crippen LogP contribution in [0.5, 0.6) is 0 Å². The molecule has 1 aromatic carbocycles. The molecular weight excluding hydrogens is 302 g/mol. The average molecular weight is 320 g/mol. The Morgan fingerprint density at radius 1 is 1.41 bits per heavy atom. The third-order valence-corrected chi connectivity index (χ3v) is 4.09. The SMILES string of the molecule is Cc1noc(C)c1CNc1ccc(C(=O)NC2CC2)c(Cl)c1. The van der Waals surface area contributed by atoms with Crippen LogP contribution >= 0.6 is 11.6 Å². The van der Waals surface area contributed by atoms with Crippen LogP contribution in [0, 0.1) is 13.8 Å². The Bertz CT molecular complexity index is 688. The smallest absolute Gasteiger partial charge is 0.253 e. The van der Waals surface area contributed by atoms with Crippen LogP contribution in [-0.4, -0.2) is 17.1 Å². The molecular formula is C16H18ClN3O2. The van der Waals surface area contributed by atoms with Crippen LogP contribution in [0.4, 0.5) is 5.69 Å². The number of aromatic nitrogens is 1. The normalized spacial score (nSPS) is 14.0. The third kappa shape index (κ3) is 3.25. The van der Waals surface area contributed by atoms with Gasteiger partial charge in [-0.15, -0.1) is 0 Å². The lowest BCUT2D eigenvalue weighted by molar-refractivity contribution is 0.0951. The summed E-state index contributed by atoms with van der Waals surface area (Å²) in [6.45, 7) is 4.40. The summed E-state index contributed by atoms with van der Waals surface area (Å²) in [6, 6.07) is 5.68. The van der Waals surface area contributed by atoms with Gasteiger partial charge in [0.1, 0.15) is 5.76 Å². The molecule has 1 aliphatic carbocycles. The highest BCUT2D eigenvalue weighted by molar-refractivity contribution is 6.34. The lowest BCUT2D eigenvalue weighted by atomic mass is 10.1. The largest absolute Gasteiger partial charge is 0.381 e. The van der Waals surface area contributed by atoms with Gasteiger partial charge in [0.15, 0.2) is 0 Å². The van der Waals surface area contributed by atoms with E-state index in [4.69, 9.17) is 16.1 Å². The number of hydrogen-bond donors (Lipinski definition) is 2. The van der Waals surface area contributed by atoms with Crippen LogP contribution in [0.2, 0.25) is 5.02 Å². The number of hydrogen-bond acceptors (Lipinski definition) is 4. The van der Waals surface area contributed by atoms with Gasteiger partial charge >= 0.3 is 0 Å². The molecule has 0 spiro atoms. The standard InChI is InChI=1S/C16H18ClN3O2/c1-9-14(10(2)22-20-9)8-18-12-5-6-13(15(17)7-12)16(21)19-11-3-4-11/h5-7,11,18H,3-4,8H2,1-2H3,(H,19,21). The monoisotopic (exact) mass is 319 g/mol. The molecule has 1 aliphatic rings. The summed E-state index contributed by atoms with van der Waals surface area (Å²) in [5, 5.41) is 10.6. The number of carbonyl (C=O) groups is 1. The molecule has 0 bridgehead atoms. The summed E-state index contributed by atoms with van der Waals surface area (Å²) in [7, 11) is 0. The van der Waals surface area contributed by atoms with Gasteiger partial charge in [-0.2, -0.15) is 0 Å².